The first-order valence-electron chi connectivity index (χ1n) is 10.7. The zero-order valence-corrected chi connectivity index (χ0v) is 19.2. The average molecular weight is 411 g/mol. The molecule has 31 heavy (non-hydrogen) atoms. The summed E-state index contributed by atoms with van der Waals surface area (Å²) < 4.78 is 2.06. The highest BCUT2D eigenvalue weighted by Crippen LogP contribution is 2.40. The molecule has 0 N–H and O–H groups in total. The topological polar surface area (TPSA) is 43.6 Å². The Morgan fingerprint density at radius 2 is 1.29 bits per heavy atom. The molecular formula is C27H30N4. The lowest BCUT2D eigenvalue weighted by Crippen LogP contribution is -2.20. The first-order valence-corrected chi connectivity index (χ1v) is 10.7. The van der Waals surface area contributed by atoms with E-state index >= 15 is 0 Å². The van der Waals surface area contributed by atoms with Crippen molar-refractivity contribution >= 4 is 0 Å². The molecule has 0 radical (unpaired) electrons. The van der Waals surface area contributed by atoms with Gasteiger partial charge in [-0.05, 0) is 61.1 Å². The Labute approximate surface area is 185 Å². The Balaban J connectivity index is 1.63. The van der Waals surface area contributed by atoms with E-state index in [4.69, 9.17) is 4.98 Å². The fraction of sp³-hybridized carbons (Fsp3) is 0.296. The predicted molar refractivity (Wildman–Crippen MR) is 127 cm³/mol. The second kappa shape index (κ2) is 8.10. The van der Waals surface area contributed by atoms with Crippen LogP contribution >= 0.6 is 0 Å². The normalized spacial score (nSPS) is 12.7. The van der Waals surface area contributed by atoms with Crippen LogP contribution in [0.4, 0.5) is 0 Å². The number of hydrogen-bond acceptors (Lipinski definition) is 3. The fourth-order valence-electron chi connectivity index (χ4n) is 4.20. The maximum atomic E-state index is 4.73. The van der Waals surface area contributed by atoms with Crippen molar-refractivity contribution in [2.75, 3.05) is 0 Å². The SMILES string of the molecule is Cc1ccc(C(c2ccc(-c3cnc(-n4c(C)ccc4C)nc3)cc2)C(C)(C)C)nc1. The predicted octanol–water partition coefficient (Wildman–Crippen LogP) is 6.43. The van der Waals surface area contributed by atoms with Crippen molar-refractivity contribution in [2.45, 2.75) is 47.5 Å². The summed E-state index contributed by atoms with van der Waals surface area (Å²) in [5.41, 5.74) is 8.00. The van der Waals surface area contributed by atoms with Crippen LogP contribution in [0.2, 0.25) is 0 Å². The van der Waals surface area contributed by atoms with E-state index in [0.717, 1.165) is 28.2 Å². The molecule has 1 atom stereocenters. The van der Waals surface area contributed by atoms with Crippen LogP contribution in [-0.2, 0) is 0 Å². The van der Waals surface area contributed by atoms with Crippen molar-refractivity contribution in [3.8, 4) is 17.1 Å². The van der Waals surface area contributed by atoms with E-state index in [9.17, 15) is 0 Å². The monoisotopic (exact) mass is 410 g/mol. The van der Waals surface area contributed by atoms with Gasteiger partial charge in [-0.1, -0.05) is 51.1 Å². The molecule has 4 rings (SSSR count). The zero-order valence-electron chi connectivity index (χ0n) is 19.2. The van der Waals surface area contributed by atoms with Gasteiger partial charge in [0.15, 0.2) is 0 Å². The molecule has 0 aliphatic carbocycles. The Morgan fingerprint density at radius 1 is 0.677 bits per heavy atom. The number of benzene rings is 1. The Hall–Kier alpha value is -3.27. The molecule has 4 aromatic rings. The summed E-state index contributed by atoms with van der Waals surface area (Å²) in [6, 6.07) is 17.2. The van der Waals surface area contributed by atoms with Gasteiger partial charge in [0.25, 0.3) is 0 Å². The fourth-order valence-corrected chi connectivity index (χ4v) is 4.20. The molecule has 4 heteroatoms. The van der Waals surface area contributed by atoms with Crippen molar-refractivity contribution in [2.24, 2.45) is 5.41 Å². The van der Waals surface area contributed by atoms with Gasteiger partial charge in [-0.2, -0.15) is 0 Å². The first-order chi connectivity index (χ1) is 14.7. The molecule has 4 nitrogen and oxygen atoms in total. The molecule has 1 aromatic carbocycles. The van der Waals surface area contributed by atoms with Crippen molar-refractivity contribution in [1.82, 2.24) is 19.5 Å². The van der Waals surface area contributed by atoms with Gasteiger partial charge in [0.2, 0.25) is 5.95 Å². The van der Waals surface area contributed by atoms with E-state index in [0.29, 0.717) is 5.95 Å². The summed E-state index contributed by atoms with van der Waals surface area (Å²) in [6.07, 6.45) is 5.76. The third-order valence-corrected chi connectivity index (χ3v) is 5.78. The summed E-state index contributed by atoms with van der Waals surface area (Å²) in [5, 5.41) is 0. The van der Waals surface area contributed by atoms with Gasteiger partial charge in [0, 0.05) is 47.2 Å². The van der Waals surface area contributed by atoms with Crippen molar-refractivity contribution in [3.05, 3.63) is 95.3 Å². The van der Waals surface area contributed by atoms with Gasteiger partial charge in [0.05, 0.1) is 0 Å². The summed E-state index contributed by atoms with van der Waals surface area (Å²) in [5.74, 6) is 0.930. The number of hydrogen-bond donors (Lipinski definition) is 0. The van der Waals surface area contributed by atoms with E-state index in [2.05, 4.69) is 105 Å². The van der Waals surface area contributed by atoms with E-state index < -0.39 is 0 Å². The maximum absolute atomic E-state index is 4.73. The van der Waals surface area contributed by atoms with E-state index in [1.54, 1.807) is 0 Å². The zero-order chi connectivity index (χ0) is 22.2. The van der Waals surface area contributed by atoms with Crippen LogP contribution in [-0.4, -0.2) is 19.5 Å². The van der Waals surface area contributed by atoms with Crippen molar-refractivity contribution in [1.29, 1.82) is 0 Å². The molecule has 0 saturated carbocycles. The molecule has 0 saturated heterocycles. The molecule has 0 fully saturated rings. The van der Waals surface area contributed by atoms with Gasteiger partial charge >= 0.3 is 0 Å². The molecule has 158 valence electrons. The molecule has 0 aliphatic heterocycles. The smallest absolute Gasteiger partial charge is 0.234 e. The standard InChI is InChI=1S/C27H30N4/c1-18-7-14-24(28-15-18)25(27(4,5)6)22-12-10-21(11-13-22)23-16-29-26(30-17-23)31-19(2)8-9-20(31)3/h7-17,25H,1-6H3. The first kappa shape index (κ1) is 21.0. The minimum atomic E-state index is 0.0566. The van der Waals surface area contributed by atoms with Crippen LogP contribution in [0.15, 0.2) is 67.1 Å². The molecular weight excluding hydrogens is 380 g/mol. The van der Waals surface area contributed by atoms with E-state index in [-0.39, 0.29) is 11.3 Å². The van der Waals surface area contributed by atoms with Crippen molar-refractivity contribution in [3.63, 3.8) is 0 Å². The van der Waals surface area contributed by atoms with Gasteiger partial charge in [-0.15, -0.1) is 0 Å². The van der Waals surface area contributed by atoms with Crippen LogP contribution in [0.3, 0.4) is 0 Å². The lowest BCUT2D eigenvalue weighted by Gasteiger charge is -2.31. The number of rotatable bonds is 4. The molecule has 0 amide bonds. The second-order valence-electron chi connectivity index (χ2n) is 9.40. The molecule has 0 bridgehead atoms. The van der Waals surface area contributed by atoms with Crippen LogP contribution in [0.1, 0.15) is 54.9 Å². The number of aromatic nitrogens is 4. The molecule has 0 aliphatic rings. The summed E-state index contributed by atoms with van der Waals surface area (Å²) in [7, 11) is 0. The summed E-state index contributed by atoms with van der Waals surface area (Å²) in [4.78, 5) is 14.0. The Bertz CT molecular complexity index is 1140. The van der Waals surface area contributed by atoms with E-state index in [1.165, 1.54) is 11.1 Å². The number of nitrogens with zero attached hydrogens (tertiary/aromatic N) is 4. The average Bonchev–Trinajstić information content (AvgIpc) is 3.07. The number of pyridine rings is 1. The minimum absolute atomic E-state index is 0.0566. The van der Waals surface area contributed by atoms with Crippen LogP contribution < -0.4 is 0 Å². The summed E-state index contributed by atoms with van der Waals surface area (Å²) in [6.45, 7) is 13.0. The minimum Gasteiger partial charge on any atom is -0.287 e. The second-order valence-corrected chi connectivity index (χ2v) is 9.40. The van der Waals surface area contributed by atoms with Crippen molar-refractivity contribution < 1.29 is 0 Å². The largest absolute Gasteiger partial charge is 0.287 e. The van der Waals surface area contributed by atoms with Gasteiger partial charge < -0.3 is 0 Å². The highest BCUT2D eigenvalue weighted by atomic mass is 15.2. The molecule has 0 spiro atoms. The van der Waals surface area contributed by atoms with Gasteiger partial charge in [-0.3, -0.25) is 9.55 Å². The highest BCUT2D eigenvalue weighted by Gasteiger charge is 2.29. The van der Waals surface area contributed by atoms with Gasteiger partial charge in [0.1, 0.15) is 0 Å². The third kappa shape index (κ3) is 4.29. The van der Waals surface area contributed by atoms with E-state index in [1.807, 2.05) is 18.6 Å². The molecule has 1 unspecified atom stereocenters. The van der Waals surface area contributed by atoms with Crippen LogP contribution in [0, 0.1) is 26.2 Å². The Morgan fingerprint density at radius 3 is 1.81 bits per heavy atom. The summed E-state index contributed by atoms with van der Waals surface area (Å²) >= 11 is 0. The lowest BCUT2D eigenvalue weighted by molar-refractivity contribution is 0.353. The molecule has 3 aromatic heterocycles. The van der Waals surface area contributed by atoms with Crippen LogP contribution in [0.5, 0.6) is 0 Å². The molecule has 3 heterocycles. The number of aryl methyl sites for hydroxylation is 3. The van der Waals surface area contributed by atoms with Gasteiger partial charge in [-0.25, -0.2) is 9.97 Å². The quantitative estimate of drug-likeness (QED) is 0.389. The maximum Gasteiger partial charge on any atom is 0.234 e. The third-order valence-electron chi connectivity index (χ3n) is 5.78. The Kier molecular flexibility index (Phi) is 5.48. The van der Waals surface area contributed by atoms with Crippen LogP contribution in [0.25, 0.3) is 17.1 Å². The lowest BCUT2D eigenvalue weighted by atomic mass is 9.74. The highest BCUT2D eigenvalue weighted by molar-refractivity contribution is 5.62.